The second kappa shape index (κ2) is 3.55. The van der Waals surface area contributed by atoms with E-state index in [1.807, 2.05) is 7.05 Å². The first-order valence-electron chi connectivity index (χ1n) is 4.60. The van der Waals surface area contributed by atoms with E-state index in [9.17, 15) is 0 Å². The third-order valence-electron chi connectivity index (χ3n) is 3.21. The topological polar surface area (TPSA) is 24.1 Å². The van der Waals surface area contributed by atoms with Gasteiger partial charge in [0.1, 0.15) is 0 Å². The van der Waals surface area contributed by atoms with Gasteiger partial charge in [-0.1, -0.05) is 13.8 Å². The van der Waals surface area contributed by atoms with Crippen molar-refractivity contribution in [2.75, 3.05) is 26.7 Å². The van der Waals surface area contributed by atoms with E-state index >= 15 is 0 Å². The van der Waals surface area contributed by atoms with E-state index in [1.54, 1.807) is 0 Å². The second-order valence-electron chi connectivity index (χ2n) is 3.78. The van der Waals surface area contributed by atoms with Crippen LogP contribution in [0.1, 0.15) is 20.3 Å². The molecular weight excluding hydrogens is 136 g/mol. The van der Waals surface area contributed by atoms with Crippen molar-refractivity contribution in [3.8, 4) is 0 Å². The fourth-order valence-electron chi connectivity index (χ4n) is 2.12. The van der Waals surface area contributed by atoms with Crippen molar-refractivity contribution >= 4 is 0 Å². The maximum absolute atomic E-state index is 3.46. The van der Waals surface area contributed by atoms with E-state index in [0.717, 1.165) is 12.5 Å². The fraction of sp³-hybridized carbons (Fsp3) is 1.00. The predicted molar refractivity (Wildman–Crippen MR) is 48.7 cm³/mol. The van der Waals surface area contributed by atoms with E-state index < -0.39 is 0 Å². The Morgan fingerprint density at radius 3 is 2.73 bits per heavy atom. The molecule has 1 aliphatic rings. The highest BCUT2D eigenvalue weighted by atomic mass is 15.0. The molecule has 2 N–H and O–H groups in total. The van der Waals surface area contributed by atoms with E-state index in [-0.39, 0.29) is 0 Å². The monoisotopic (exact) mass is 156 g/mol. The van der Waals surface area contributed by atoms with Gasteiger partial charge in [0.05, 0.1) is 0 Å². The molecule has 2 nitrogen and oxygen atoms in total. The van der Waals surface area contributed by atoms with Gasteiger partial charge in [-0.25, -0.2) is 0 Å². The van der Waals surface area contributed by atoms with Crippen LogP contribution in [0.4, 0.5) is 0 Å². The van der Waals surface area contributed by atoms with Crippen molar-refractivity contribution in [3.63, 3.8) is 0 Å². The van der Waals surface area contributed by atoms with Gasteiger partial charge < -0.3 is 10.6 Å². The lowest BCUT2D eigenvalue weighted by atomic mass is 9.77. The van der Waals surface area contributed by atoms with Crippen LogP contribution in [0.15, 0.2) is 0 Å². The van der Waals surface area contributed by atoms with Gasteiger partial charge in [0.2, 0.25) is 0 Å². The summed E-state index contributed by atoms with van der Waals surface area (Å²) in [5, 5.41) is 6.75. The van der Waals surface area contributed by atoms with Crippen molar-refractivity contribution < 1.29 is 0 Å². The third-order valence-corrected chi connectivity index (χ3v) is 3.21. The molecule has 1 rings (SSSR count). The minimum atomic E-state index is 0.523. The smallest absolute Gasteiger partial charge is 0.00230 e. The molecule has 1 heterocycles. The summed E-state index contributed by atoms with van der Waals surface area (Å²) in [7, 11) is 2.04. The summed E-state index contributed by atoms with van der Waals surface area (Å²) in [5.74, 6) is 0.819. The molecule has 1 saturated heterocycles. The lowest BCUT2D eigenvalue weighted by molar-refractivity contribution is 0.226. The molecular formula is C9H20N2. The maximum atomic E-state index is 3.46. The van der Waals surface area contributed by atoms with Crippen LogP contribution in [0.2, 0.25) is 0 Å². The third kappa shape index (κ3) is 1.57. The molecule has 11 heavy (non-hydrogen) atoms. The zero-order valence-corrected chi connectivity index (χ0v) is 7.91. The quantitative estimate of drug-likeness (QED) is 0.633. The molecule has 0 aliphatic carbocycles. The Hall–Kier alpha value is -0.0800. The van der Waals surface area contributed by atoms with E-state index in [2.05, 4.69) is 24.5 Å². The van der Waals surface area contributed by atoms with Crippen LogP contribution >= 0.6 is 0 Å². The van der Waals surface area contributed by atoms with Gasteiger partial charge in [-0.2, -0.15) is 0 Å². The van der Waals surface area contributed by atoms with E-state index in [1.165, 1.54) is 19.5 Å². The Morgan fingerprint density at radius 1 is 1.64 bits per heavy atom. The Kier molecular flexibility index (Phi) is 2.90. The molecule has 0 radical (unpaired) electrons. The first kappa shape index (κ1) is 9.01. The van der Waals surface area contributed by atoms with Crippen LogP contribution in [-0.2, 0) is 0 Å². The van der Waals surface area contributed by atoms with Crippen LogP contribution in [0, 0.1) is 11.3 Å². The summed E-state index contributed by atoms with van der Waals surface area (Å²) in [4.78, 5) is 0. The summed E-state index contributed by atoms with van der Waals surface area (Å²) in [5.41, 5.74) is 0.523. The molecule has 0 spiro atoms. The Labute approximate surface area is 69.8 Å². The summed E-state index contributed by atoms with van der Waals surface area (Å²) >= 11 is 0. The van der Waals surface area contributed by atoms with Gasteiger partial charge in [-0.05, 0) is 31.3 Å². The molecule has 2 heteroatoms. The SMILES string of the molecule is CCC1(CNC)CNCC1C. The molecule has 1 fully saturated rings. The minimum Gasteiger partial charge on any atom is -0.319 e. The normalized spacial score (nSPS) is 37.9. The van der Waals surface area contributed by atoms with Crippen molar-refractivity contribution in [1.82, 2.24) is 10.6 Å². The zero-order chi connectivity index (χ0) is 8.32. The molecule has 0 aromatic heterocycles. The largest absolute Gasteiger partial charge is 0.319 e. The highest BCUT2D eigenvalue weighted by Gasteiger charge is 2.37. The molecule has 0 saturated carbocycles. The lowest BCUT2D eigenvalue weighted by Gasteiger charge is -2.31. The molecule has 1 aliphatic heterocycles. The van der Waals surface area contributed by atoms with Crippen LogP contribution in [0.5, 0.6) is 0 Å². The summed E-state index contributed by atoms with van der Waals surface area (Å²) in [6.45, 7) is 8.17. The van der Waals surface area contributed by atoms with Gasteiger partial charge in [0.25, 0.3) is 0 Å². The lowest BCUT2D eigenvalue weighted by Crippen LogP contribution is -2.37. The number of hydrogen-bond acceptors (Lipinski definition) is 2. The summed E-state index contributed by atoms with van der Waals surface area (Å²) < 4.78 is 0. The molecule has 2 unspecified atom stereocenters. The van der Waals surface area contributed by atoms with Crippen molar-refractivity contribution in [3.05, 3.63) is 0 Å². The zero-order valence-electron chi connectivity index (χ0n) is 7.91. The maximum Gasteiger partial charge on any atom is 0.00230 e. The Bertz CT molecular complexity index is 125. The molecule has 0 amide bonds. The highest BCUT2D eigenvalue weighted by molar-refractivity contribution is 4.93. The average Bonchev–Trinajstić information content (AvgIpc) is 2.35. The fourth-order valence-corrected chi connectivity index (χ4v) is 2.12. The molecule has 2 atom stereocenters. The van der Waals surface area contributed by atoms with Crippen molar-refractivity contribution in [1.29, 1.82) is 0 Å². The van der Waals surface area contributed by atoms with E-state index in [4.69, 9.17) is 0 Å². The molecule has 0 aromatic carbocycles. The van der Waals surface area contributed by atoms with Crippen LogP contribution in [-0.4, -0.2) is 26.7 Å². The van der Waals surface area contributed by atoms with Crippen LogP contribution < -0.4 is 10.6 Å². The van der Waals surface area contributed by atoms with Gasteiger partial charge in [-0.15, -0.1) is 0 Å². The van der Waals surface area contributed by atoms with E-state index in [0.29, 0.717) is 5.41 Å². The number of hydrogen-bond donors (Lipinski definition) is 2. The molecule has 0 bridgehead atoms. The van der Waals surface area contributed by atoms with Crippen LogP contribution in [0.3, 0.4) is 0 Å². The summed E-state index contributed by atoms with van der Waals surface area (Å²) in [6, 6.07) is 0. The standard InChI is InChI=1S/C9H20N2/c1-4-9(6-10-3)7-11-5-8(9)2/h8,10-11H,4-7H2,1-3H3. The Morgan fingerprint density at radius 2 is 2.36 bits per heavy atom. The molecule has 0 aromatic rings. The number of rotatable bonds is 3. The van der Waals surface area contributed by atoms with Crippen LogP contribution in [0.25, 0.3) is 0 Å². The minimum absolute atomic E-state index is 0.523. The average molecular weight is 156 g/mol. The first-order chi connectivity index (χ1) is 5.25. The van der Waals surface area contributed by atoms with Gasteiger partial charge in [0, 0.05) is 13.1 Å². The first-order valence-corrected chi connectivity index (χ1v) is 4.60. The van der Waals surface area contributed by atoms with Crippen molar-refractivity contribution in [2.24, 2.45) is 11.3 Å². The Balaban J connectivity index is 2.57. The van der Waals surface area contributed by atoms with Gasteiger partial charge in [-0.3, -0.25) is 0 Å². The summed E-state index contributed by atoms with van der Waals surface area (Å²) in [6.07, 6.45) is 1.28. The second-order valence-corrected chi connectivity index (χ2v) is 3.78. The number of nitrogens with one attached hydrogen (secondary N) is 2. The van der Waals surface area contributed by atoms with Gasteiger partial charge in [0.15, 0.2) is 0 Å². The highest BCUT2D eigenvalue weighted by Crippen LogP contribution is 2.33. The predicted octanol–water partition coefficient (Wildman–Crippen LogP) is 0.841. The van der Waals surface area contributed by atoms with Gasteiger partial charge >= 0.3 is 0 Å². The van der Waals surface area contributed by atoms with Crippen molar-refractivity contribution in [2.45, 2.75) is 20.3 Å². The molecule has 66 valence electrons.